The number of fused-ring (bicyclic) bond motifs is 2. The molecule has 4 heterocycles. The molecule has 6 nitrogen and oxygen atoms in total. The predicted molar refractivity (Wildman–Crippen MR) is 186 cm³/mol. The largest absolute Gasteiger partial charge is 0.498 e. The molecular weight excluding hydrogens is 583 g/mol. The van der Waals surface area contributed by atoms with Crippen LogP contribution in [0.4, 0.5) is 0 Å². The van der Waals surface area contributed by atoms with Crippen LogP contribution in [0, 0.1) is 0 Å². The van der Waals surface area contributed by atoms with Gasteiger partial charge in [-0.1, -0.05) is 48.5 Å². The Morgan fingerprint density at radius 3 is 1.43 bits per heavy atom. The van der Waals surface area contributed by atoms with Gasteiger partial charge in [0.15, 0.2) is 23.0 Å². The summed E-state index contributed by atoms with van der Waals surface area (Å²) >= 11 is 0. The minimum absolute atomic E-state index is 0.488. The molecular formula is C40H33BN2O4. The highest BCUT2D eigenvalue weighted by Crippen LogP contribution is 2.50. The van der Waals surface area contributed by atoms with Gasteiger partial charge in [0.05, 0.1) is 11.2 Å². The van der Waals surface area contributed by atoms with Crippen LogP contribution in [-0.4, -0.2) is 28.3 Å². The Bertz CT molecular complexity index is 2020. The fourth-order valence-corrected chi connectivity index (χ4v) is 6.06. The number of ether oxygens (including phenoxy) is 2. The van der Waals surface area contributed by atoms with E-state index in [2.05, 4.69) is 86.2 Å². The van der Waals surface area contributed by atoms with Crippen LogP contribution < -0.4 is 14.9 Å². The third-order valence-corrected chi connectivity index (χ3v) is 9.41. The van der Waals surface area contributed by atoms with E-state index in [-0.39, 0.29) is 0 Å². The number of aromatic nitrogens is 2. The zero-order valence-corrected chi connectivity index (χ0v) is 26.7. The Labute approximate surface area is 275 Å². The molecule has 7 heteroatoms. The first-order valence-electron chi connectivity index (χ1n) is 15.8. The van der Waals surface area contributed by atoms with Crippen LogP contribution in [0.1, 0.15) is 27.7 Å². The van der Waals surface area contributed by atoms with E-state index in [4.69, 9.17) is 18.8 Å². The van der Waals surface area contributed by atoms with Crippen LogP contribution in [0.25, 0.3) is 44.5 Å². The topological polar surface area (TPSA) is 62.7 Å². The van der Waals surface area contributed by atoms with Crippen molar-refractivity contribution in [3.8, 4) is 67.5 Å². The average molecular weight is 617 g/mol. The number of nitrogens with zero attached hydrogens (tertiary/aromatic N) is 2. The molecule has 0 spiro atoms. The lowest BCUT2D eigenvalue weighted by Gasteiger charge is -2.32. The van der Waals surface area contributed by atoms with Gasteiger partial charge in [-0.15, -0.1) is 0 Å². The SMILES string of the molecule is CC1(C)OB(c2ccc(-c3ccc(-c4cc(-c5ccncc5)cc(-c5ccncc5)c4)cc3)c3c2Oc2ccccc2O3)OC1(C)C. The Kier molecular flexibility index (Phi) is 6.97. The number of hydrogen-bond acceptors (Lipinski definition) is 6. The van der Waals surface area contributed by atoms with Crippen molar-refractivity contribution in [2.45, 2.75) is 38.9 Å². The van der Waals surface area contributed by atoms with Crippen molar-refractivity contribution < 1.29 is 18.8 Å². The van der Waals surface area contributed by atoms with Crippen molar-refractivity contribution in [2.24, 2.45) is 0 Å². The lowest BCUT2D eigenvalue weighted by molar-refractivity contribution is 0.00578. The van der Waals surface area contributed by atoms with Crippen molar-refractivity contribution in [1.29, 1.82) is 0 Å². The van der Waals surface area contributed by atoms with E-state index < -0.39 is 18.3 Å². The second-order valence-electron chi connectivity index (χ2n) is 12.9. The fraction of sp³-hybridized carbons (Fsp3) is 0.150. The minimum atomic E-state index is -0.596. The van der Waals surface area contributed by atoms with Crippen LogP contribution in [0.5, 0.6) is 23.0 Å². The van der Waals surface area contributed by atoms with E-state index >= 15 is 0 Å². The summed E-state index contributed by atoms with van der Waals surface area (Å²) in [5, 5.41) is 0. The normalized spacial score (nSPS) is 15.7. The van der Waals surface area contributed by atoms with Gasteiger partial charge in [0.2, 0.25) is 0 Å². The lowest BCUT2D eigenvalue weighted by atomic mass is 9.77. The lowest BCUT2D eigenvalue weighted by Crippen LogP contribution is -2.41. The maximum absolute atomic E-state index is 6.57. The quantitative estimate of drug-likeness (QED) is 0.180. The molecule has 4 aromatic carbocycles. The molecule has 0 aliphatic carbocycles. The van der Waals surface area contributed by atoms with Gasteiger partial charge in [-0.25, -0.2) is 0 Å². The monoisotopic (exact) mass is 616 g/mol. The molecule has 0 N–H and O–H groups in total. The first kappa shape index (κ1) is 29.2. The molecule has 2 aliphatic heterocycles. The smallest absolute Gasteiger partial charge is 0.450 e. The van der Waals surface area contributed by atoms with Gasteiger partial charge in [0.25, 0.3) is 0 Å². The number of rotatable bonds is 5. The number of hydrogen-bond donors (Lipinski definition) is 0. The summed E-state index contributed by atoms with van der Waals surface area (Å²) in [6.07, 6.45) is 7.30. The molecule has 0 atom stereocenters. The van der Waals surface area contributed by atoms with Crippen molar-refractivity contribution >= 4 is 12.6 Å². The molecule has 2 aliphatic rings. The van der Waals surface area contributed by atoms with E-state index in [1.807, 2.05) is 79.4 Å². The molecule has 0 bridgehead atoms. The highest BCUT2D eigenvalue weighted by molar-refractivity contribution is 6.63. The first-order chi connectivity index (χ1) is 22.8. The summed E-state index contributed by atoms with van der Waals surface area (Å²) < 4.78 is 26.0. The molecule has 8 rings (SSSR count). The van der Waals surface area contributed by atoms with E-state index in [1.165, 1.54) is 0 Å². The summed E-state index contributed by atoms with van der Waals surface area (Å²) in [6, 6.07) is 35.2. The molecule has 0 radical (unpaired) electrons. The van der Waals surface area contributed by atoms with Crippen LogP contribution in [-0.2, 0) is 9.31 Å². The van der Waals surface area contributed by atoms with Crippen LogP contribution in [0.2, 0.25) is 0 Å². The standard InChI is InChI=1S/C40H33BN2O4/c1-39(2)40(3,4)47-41(46-39)34-14-13-33(37-38(34)45-36-8-6-5-7-35(36)44-37)29-11-9-26(10-12-29)30-23-31(27-15-19-42-20-16-27)25-32(24-30)28-17-21-43-22-18-28/h5-25H,1-4H3. The summed E-state index contributed by atoms with van der Waals surface area (Å²) in [6.45, 7) is 8.20. The number of benzene rings is 4. The number of para-hydroxylation sites is 2. The molecule has 47 heavy (non-hydrogen) atoms. The Morgan fingerprint density at radius 2 is 0.915 bits per heavy atom. The maximum atomic E-state index is 6.57. The zero-order valence-electron chi connectivity index (χ0n) is 26.7. The molecule has 1 saturated heterocycles. The summed E-state index contributed by atoms with van der Waals surface area (Å²) in [7, 11) is -0.596. The molecule has 2 aromatic heterocycles. The van der Waals surface area contributed by atoms with E-state index in [9.17, 15) is 0 Å². The number of pyridine rings is 2. The van der Waals surface area contributed by atoms with E-state index in [1.54, 1.807) is 0 Å². The summed E-state index contributed by atoms with van der Waals surface area (Å²) in [4.78, 5) is 8.43. The highest BCUT2D eigenvalue weighted by Gasteiger charge is 2.53. The second-order valence-corrected chi connectivity index (χ2v) is 12.9. The van der Waals surface area contributed by atoms with E-state index in [0.717, 1.165) is 50.0 Å². The summed E-state index contributed by atoms with van der Waals surface area (Å²) in [5.41, 5.74) is 8.43. The maximum Gasteiger partial charge on any atom is 0.498 e. The molecule has 6 aromatic rings. The third kappa shape index (κ3) is 5.27. The fourth-order valence-electron chi connectivity index (χ4n) is 6.06. The van der Waals surface area contributed by atoms with Crippen LogP contribution >= 0.6 is 0 Å². The third-order valence-electron chi connectivity index (χ3n) is 9.41. The van der Waals surface area contributed by atoms with Gasteiger partial charge in [-0.3, -0.25) is 9.97 Å². The zero-order chi connectivity index (χ0) is 32.2. The Hall–Kier alpha value is -5.24. The molecule has 1 fully saturated rings. The molecule has 0 amide bonds. The van der Waals surface area contributed by atoms with Crippen molar-refractivity contribution in [2.75, 3.05) is 0 Å². The first-order valence-corrected chi connectivity index (χ1v) is 15.8. The molecule has 0 unspecified atom stereocenters. The predicted octanol–water partition coefficient (Wildman–Crippen LogP) is 9.34. The van der Waals surface area contributed by atoms with Gasteiger partial charge in [0.1, 0.15) is 0 Å². The van der Waals surface area contributed by atoms with Crippen molar-refractivity contribution in [3.63, 3.8) is 0 Å². The van der Waals surface area contributed by atoms with Gasteiger partial charge >= 0.3 is 7.12 Å². The average Bonchev–Trinajstić information content (AvgIpc) is 3.33. The van der Waals surface area contributed by atoms with Crippen molar-refractivity contribution in [1.82, 2.24) is 9.97 Å². The van der Waals surface area contributed by atoms with E-state index in [0.29, 0.717) is 23.0 Å². The molecule has 0 saturated carbocycles. The van der Waals surface area contributed by atoms with Crippen LogP contribution in [0.3, 0.4) is 0 Å². The molecule has 230 valence electrons. The van der Waals surface area contributed by atoms with Gasteiger partial charge in [-0.05, 0) is 121 Å². The van der Waals surface area contributed by atoms with Gasteiger partial charge in [-0.2, -0.15) is 0 Å². The highest BCUT2D eigenvalue weighted by atomic mass is 16.7. The minimum Gasteiger partial charge on any atom is -0.450 e. The van der Waals surface area contributed by atoms with Gasteiger partial charge < -0.3 is 18.8 Å². The van der Waals surface area contributed by atoms with Crippen LogP contribution in [0.15, 0.2) is 128 Å². The summed E-state index contributed by atoms with van der Waals surface area (Å²) in [5.74, 6) is 2.57. The second kappa shape index (κ2) is 11.2. The Morgan fingerprint density at radius 1 is 0.468 bits per heavy atom. The van der Waals surface area contributed by atoms with Crippen molar-refractivity contribution in [3.05, 3.63) is 128 Å². The Balaban J connectivity index is 1.20. The van der Waals surface area contributed by atoms with Gasteiger partial charge in [0, 0.05) is 35.8 Å².